The van der Waals surface area contributed by atoms with Gasteiger partial charge in [-0.15, -0.1) is 13.2 Å². The smallest absolute Gasteiger partial charge is 0.0701 e. The summed E-state index contributed by atoms with van der Waals surface area (Å²) in [4.78, 5) is 0. The maximum absolute atomic E-state index is 7.57. The van der Waals surface area contributed by atoms with E-state index in [0.29, 0.717) is 0 Å². The molecule has 0 aliphatic carbocycles. The van der Waals surface area contributed by atoms with E-state index in [1.807, 2.05) is 0 Å². The van der Waals surface area contributed by atoms with Crippen LogP contribution < -0.4 is 0 Å². The molecule has 2 nitrogen and oxygen atoms in total. The molecular formula is C6H14O2. The monoisotopic (exact) mass is 118 g/mol. The van der Waals surface area contributed by atoms with Crippen LogP contribution in [-0.2, 0) is 4.74 Å². The van der Waals surface area contributed by atoms with E-state index in [4.69, 9.17) is 5.11 Å². The first-order chi connectivity index (χ1) is 3.91. The van der Waals surface area contributed by atoms with Gasteiger partial charge in [0.2, 0.25) is 0 Å². The molecule has 1 saturated heterocycles. The highest BCUT2D eigenvalue weighted by molar-refractivity contribution is 4.36. The lowest BCUT2D eigenvalue weighted by atomic mass is 10.9. The van der Waals surface area contributed by atoms with Crippen LogP contribution in [0.2, 0.25) is 0 Å². The number of epoxide rings is 1. The molecule has 1 fully saturated rings. The van der Waals surface area contributed by atoms with Gasteiger partial charge in [0.25, 0.3) is 0 Å². The molecule has 1 heterocycles. The van der Waals surface area contributed by atoms with Crippen LogP contribution in [0.5, 0.6) is 0 Å². The first-order valence-electron chi connectivity index (χ1n) is 2.60. The Balaban J connectivity index is 0. The average Bonchev–Trinajstić information content (AvgIpc) is 2.54. The molecule has 1 rings (SSSR count). The van der Waals surface area contributed by atoms with Crippen molar-refractivity contribution in [3.63, 3.8) is 0 Å². The third kappa shape index (κ3) is 282. The highest BCUT2D eigenvalue weighted by Crippen LogP contribution is 1.84. The molecule has 0 aromatic carbocycles. The summed E-state index contributed by atoms with van der Waals surface area (Å²) in [6, 6.07) is 0. The van der Waals surface area contributed by atoms with Crippen molar-refractivity contribution in [2.75, 3.05) is 19.8 Å². The zero-order chi connectivity index (χ0) is 6.83. The second-order valence-corrected chi connectivity index (χ2v) is 0.929. The van der Waals surface area contributed by atoms with Crippen LogP contribution in [0.4, 0.5) is 0 Å². The third-order valence-electron chi connectivity index (χ3n) is 0.204. The summed E-state index contributed by atoms with van der Waals surface area (Å²) in [6.45, 7) is 9.93. The van der Waals surface area contributed by atoms with E-state index in [9.17, 15) is 0 Å². The molecule has 0 bridgehead atoms. The zero-order valence-electron chi connectivity index (χ0n) is 5.39. The fourth-order valence-electron chi connectivity index (χ4n) is 0. The van der Waals surface area contributed by atoms with Gasteiger partial charge in [-0.2, -0.15) is 0 Å². The maximum Gasteiger partial charge on any atom is 0.0701 e. The molecule has 2 heteroatoms. The van der Waals surface area contributed by atoms with Crippen LogP contribution in [0.25, 0.3) is 0 Å². The number of aliphatic hydroxyl groups excluding tert-OH is 1. The summed E-state index contributed by atoms with van der Waals surface area (Å²) < 4.78 is 4.50. The van der Waals surface area contributed by atoms with Gasteiger partial charge in [-0.05, 0) is 6.92 Å². The number of ether oxygens (including phenoxy) is 1. The molecule has 0 aromatic rings. The third-order valence-corrected chi connectivity index (χ3v) is 0.204. The molecule has 0 unspecified atom stereocenters. The summed E-state index contributed by atoms with van der Waals surface area (Å²) in [6.07, 6.45) is 0. The standard InChI is InChI=1S/C2H4O.C2H6O.C2H4/c1-2-3-1;1-2-3;1-2/h1-2H2;3H,2H2,1H3;1-2H2. The van der Waals surface area contributed by atoms with Crippen molar-refractivity contribution in [1.82, 2.24) is 0 Å². The van der Waals surface area contributed by atoms with E-state index < -0.39 is 0 Å². The fraction of sp³-hybridized carbons (Fsp3) is 0.667. The summed E-state index contributed by atoms with van der Waals surface area (Å²) in [5, 5.41) is 7.57. The minimum absolute atomic E-state index is 0.250. The van der Waals surface area contributed by atoms with Gasteiger partial charge in [0, 0.05) is 6.61 Å². The summed E-state index contributed by atoms with van der Waals surface area (Å²) in [5.74, 6) is 0. The summed E-state index contributed by atoms with van der Waals surface area (Å²) in [5.41, 5.74) is 0. The van der Waals surface area contributed by atoms with Crippen LogP contribution in [0.15, 0.2) is 13.2 Å². The molecular weight excluding hydrogens is 104 g/mol. The van der Waals surface area contributed by atoms with Gasteiger partial charge in [-0.25, -0.2) is 0 Å². The Morgan fingerprint density at radius 3 is 1.62 bits per heavy atom. The van der Waals surface area contributed by atoms with Crippen molar-refractivity contribution in [3.05, 3.63) is 13.2 Å². The lowest BCUT2D eigenvalue weighted by Crippen LogP contribution is -1.57. The van der Waals surface area contributed by atoms with Crippen molar-refractivity contribution in [1.29, 1.82) is 0 Å². The molecule has 0 amide bonds. The van der Waals surface area contributed by atoms with Crippen molar-refractivity contribution >= 4 is 0 Å². The normalized spacial score (nSPS) is 11.8. The summed E-state index contributed by atoms with van der Waals surface area (Å²) >= 11 is 0. The molecule has 50 valence electrons. The van der Waals surface area contributed by atoms with Crippen LogP contribution >= 0.6 is 0 Å². The van der Waals surface area contributed by atoms with E-state index in [-0.39, 0.29) is 6.61 Å². The average molecular weight is 118 g/mol. The van der Waals surface area contributed by atoms with Crippen molar-refractivity contribution in [3.8, 4) is 0 Å². The molecule has 0 atom stereocenters. The van der Waals surface area contributed by atoms with Gasteiger partial charge in [0.05, 0.1) is 13.2 Å². The van der Waals surface area contributed by atoms with E-state index in [1.54, 1.807) is 6.92 Å². The highest BCUT2D eigenvalue weighted by Gasteiger charge is 1.94. The molecule has 8 heavy (non-hydrogen) atoms. The number of hydrogen-bond acceptors (Lipinski definition) is 2. The van der Waals surface area contributed by atoms with Crippen LogP contribution in [-0.4, -0.2) is 24.9 Å². The molecule has 0 saturated carbocycles. The largest absolute Gasteiger partial charge is 0.397 e. The minimum atomic E-state index is 0.250. The second-order valence-electron chi connectivity index (χ2n) is 0.929. The first kappa shape index (κ1) is 10.6. The van der Waals surface area contributed by atoms with E-state index in [2.05, 4.69) is 17.9 Å². The molecule has 1 aliphatic rings. The predicted octanol–water partition coefficient (Wildman–Crippen LogP) is 0.817. The fourth-order valence-corrected chi connectivity index (χ4v) is 0. The SMILES string of the molecule is C1CO1.C=C.CCO. The van der Waals surface area contributed by atoms with Crippen LogP contribution in [0.3, 0.4) is 0 Å². The Morgan fingerprint density at radius 1 is 1.50 bits per heavy atom. The molecule has 0 spiro atoms. The van der Waals surface area contributed by atoms with E-state index >= 15 is 0 Å². The lowest BCUT2D eigenvalue weighted by molar-refractivity contribution is 0.318. The Labute approximate surface area is 50.8 Å². The Morgan fingerprint density at radius 2 is 1.62 bits per heavy atom. The zero-order valence-corrected chi connectivity index (χ0v) is 5.39. The summed E-state index contributed by atoms with van der Waals surface area (Å²) in [7, 11) is 0. The number of aliphatic hydroxyl groups is 1. The second kappa shape index (κ2) is 15.9. The van der Waals surface area contributed by atoms with Gasteiger partial charge in [0.15, 0.2) is 0 Å². The van der Waals surface area contributed by atoms with E-state index in [0.717, 1.165) is 13.2 Å². The van der Waals surface area contributed by atoms with Crippen LogP contribution in [0.1, 0.15) is 6.92 Å². The van der Waals surface area contributed by atoms with Crippen LogP contribution in [0, 0.1) is 0 Å². The topological polar surface area (TPSA) is 32.8 Å². The van der Waals surface area contributed by atoms with Gasteiger partial charge in [-0.3, -0.25) is 0 Å². The van der Waals surface area contributed by atoms with E-state index in [1.165, 1.54) is 0 Å². The Hall–Kier alpha value is -0.340. The highest BCUT2D eigenvalue weighted by atomic mass is 16.6. The molecule has 1 aliphatic heterocycles. The quantitative estimate of drug-likeness (QED) is 0.377. The maximum atomic E-state index is 7.57. The lowest BCUT2D eigenvalue weighted by Gasteiger charge is -1.52. The minimum Gasteiger partial charge on any atom is -0.397 e. The van der Waals surface area contributed by atoms with Gasteiger partial charge < -0.3 is 9.84 Å². The predicted molar refractivity (Wildman–Crippen MR) is 34.8 cm³/mol. The molecule has 0 aromatic heterocycles. The van der Waals surface area contributed by atoms with Gasteiger partial charge in [0.1, 0.15) is 0 Å². The van der Waals surface area contributed by atoms with Gasteiger partial charge >= 0.3 is 0 Å². The molecule has 1 N–H and O–H groups in total. The Kier molecular flexibility index (Phi) is 21.1. The van der Waals surface area contributed by atoms with Crippen molar-refractivity contribution in [2.45, 2.75) is 6.92 Å². The van der Waals surface area contributed by atoms with Crippen molar-refractivity contribution in [2.24, 2.45) is 0 Å². The van der Waals surface area contributed by atoms with Gasteiger partial charge in [-0.1, -0.05) is 0 Å². The first-order valence-corrected chi connectivity index (χ1v) is 2.60. The molecule has 0 radical (unpaired) electrons. The number of hydrogen-bond donors (Lipinski definition) is 1. The van der Waals surface area contributed by atoms with Crippen molar-refractivity contribution < 1.29 is 9.84 Å². The number of rotatable bonds is 0. The Bertz CT molecular complexity index is 25.0.